The Bertz CT molecular complexity index is 792. The molecule has 1 aliphatic carbocycles. The van der Waals surface area contributed by atoms with Crippen molar-refractivity contribution in [3.63, 3.8) is 0 Å². The smallest absolute Gasteiger partial charge is 0.274 e. The van der Waals surface area contributed by atoms with Gasteiger partial charge in [0.25, 0.3) is 5.91 Å². The lowest BCUT2D eigenvalue weighted by molar-refractivity contribution is 0.0709. The van der Waals surface area contributed by atoms with E-state index in [0.717, 1.165) is 42.4 Å². The Hall–Kier alpha value is -2.53. The van der Waals surface area contributed by atoms with Crippen molar-refractivity contribution in [3.8, 4) is 6.07 Å². The average molecular weight is 348 g/mol. The van der Waals surface area contributed by atoms with E-state index in [9.17, 15) is 13.6 Å². The zero-order valence-corrected chi connectivity index (χ0v) is 13.6. The summed E-state index contributed by atoms with van der Waals surface area (Å²) in [6, 6.07) is 4.69. The van der Waals surface area contributed by atoms with Crippen LogP contribution in [0.25, 0.3) is 0 Å². The van der Waals surface area contributed by atoms with Crippen LogP contribution in [0.15, 0.2) is 23.6 Å². The van der Waals surface area contributed by atoms with Crippen molar-refractivity contribution in [2.24, 2.45) is 0 Å². The molecule has 1 unspecified atom stereocenters. The lowest BCUT2D eigenvalue weighted by Gasteiger charge is -2.23. The largest absolute Gasteiger partial charge is 0.331 e. The highest BCUT2D eigenvalue weighted by atomic mass is 32.1. The van der Waals surface area contributed by atoms with Gasteiger partial charge in [0, 0.05) is 23.2 Å². The number of rotatable bonds is 5. The fraction of sp³-hybridized carbons (Fsp3) is 0.312. The Morgan fingerprint density at radius 2 is 2.08 bits per heavy atom. The van der Waals surface area contributed by atoms with Gasteiger partial charge in [-0.2, -0.15) is 5.26 Å². The van der Waals surface area contributed by atoms with Crippen LogP contribution in [-0.4, -0.2) is 27.9 Å². The van der Waals surface area contributed by atoms with E-state index >= 15 is 0 Å². The molecule has 5 nitrogen and oxygen atoms in total. The lowest BCUT2D eigenvalue weighted by atomic mass is 10.2. The molecular formula is C16H14F2N4OS. The molecule has 0 saturated heterocycles. The maximum atomic E-state index is 13.2. The molecule has 1 aromatic heterocycles. The highest BCUT2D eigenvalue weighted by molar-refractivity contribution is 7.14. The van der Waals surface area contributed by atoms with Crippen LogP contribution in [0, 0.1) is 23.0 Å². The van der Waals surface area contributed by atoms with Crippen molar-refractivity contribution in [2.75, 3.05) is 5.32 Å². The number of carbonyl (C=O) groups excluding carboxylic acids is 1. The summed E-state index contributed by atoms with van der Waals surface area (Å²) in [5.41, 5.74) is 0.429. The summed E-state index contributed by atoms with van der Waals surface area (Å²) in [6.07, 6.45) is 1.77. The molecule has 1 N–H and O–H groups in total. The minimum Gasteiger partial charge on any atom is -0.331 e. The van der Waals surface area contributed by atoms with Gasteiger partial charge in [0.05, 0.1) is 6.07 Å². The van der Waals surface area contributed by atoms with Crippen molar-refractivity contribution in [2.45, 2.75) is 31.8 Å². The fourth-order valence-corrected chi connectivity index (χ4v) is 3.09. The average Bonchev–Trinajstić information content (AvgIpc) is 3.24. The van der Waals surface area contributed by atoms with Crippen LogP contribution >= 0.6 is 11.3 Å². The highest BCUT2D eigenvalue weighted by Crippen LogP contribution is 2.31. The third-order valence-electron chi connectivity index (χ3n) is 3.62. The van der Waals surface area contributed by atoms with Crippen LogP contribution < -0.4 is 5.32 Å². The Morgan fingerprint density at radius 1 is 1.42 bits per heavy atom. The van der Waals surface area contributed by atoms with Gasteiger partial charge in [0.15, 0.2) is 5.13 Å². The third-order valence-corrected chi connectivity index (χ3v) is 4.37. The van der Waals surface area contributed by atoms with E-state index in [1.807, 2.05) is 0 Å². The number of halogens is 2. The van der Waals surface area contributed by atoms with E-state index in [0.29, 0.717) is 5.13 Å². The molecule has 1 heterocycles. The molecule has 2 aromatic rings. The molecule has 8 heteroatoms. The molecule has 1 aliphatic rings. The molecule has 1 fully saturated rings. The first-order valence-electron chi connectivity index (χ1n) is 7.39. The minimum absolute atomic E-state index is 0.0857. The summed E-state index contributed by atoms with van der Waals surface area (Å²) in [5, 5.41) is 13.8. The summed E-state index contributed by atoms with van der Waals surface area (Å²) in [6.45, 7) is 1.68. The molecular weight excluding hydrogens is 334 g/mol. The second-order valence-electron chi connectivity index (χ2n) is 5.57. The Morgan fingerprint density at radius 3 is 2.67 bits per heavy atom. The van der Waals surface area contributed by atoms with Crippen molar-refractivity contribution >= 4 is 28.1 Å². The maximum absolute atomic E-state index is 13.2. The first-order chi connectivity index (χ1) is 11.5. The second-order valence-corrected chi connectivity index (χ2v) is 6.43. The lowest BCUT2D eigenvalue weighted by Crippen LogP contribution is -2.39. The zero-order valence-electron chi connectivity index (χ0n) is 12.8. The number of nitriles is 1. The Labute approximate surface area is 141 Å². The summed E-state index contributed by atoms with van der Waals surface area (Å²) < 4.78 is 26.4. The van der Waals surface area contributed by atoms with Gasteiger partial charge >= 0.3 is 0 Å². The van der Waals surface area contributed by atoms with Gasteiger partial charge in [-0.05, 0) is 31.9 Å². The number of aromatic nitrogens is 1. The van der Waals surface area contributed by atoms with E-state index in [4.69, 9.17) is 5.26 Å². The SMILES string of the molecule is CC(C#N)N(C(=O)c1csc(Nc2cc(F)cc(F)c2)n1)C1CC1. The normalized spacial score (nSPS) is 14.8. The second kappa shape index (κ2) is 6.53. The number of thiazole rings is 1. The summed E-state index contributed by atoms with van der Waals surface area (Å²) in [4.78, 5) is 18.3. The summed E-state index contributed by atoms with van der Waals surface area (Å²) in [7, 11) is 0. The molecule has 124 valence electrons. The van der Waals surface area contributed by atoms with Crippen LogP contribution in [0.1, 0.15) is 30.3 Å². The molecule has 0 radical (unpaired) electrons. The van der Waals surface area contributed by atoms with Crippen LogP contribution in [0.5, 0.6) is 0 Å². The molecule has 24 heavy (non-hydrogen) atoms. The maximum Gasteiger partial charge on any atom is 0.274 e. The van der Waals surface area contributed by atoms with Gasteiger partial charge in [-0.1, -0.05) is 0 Å². The van der Waals surface area contributed by atoms with E-state index in [2.05, 4.69) is 16.4 Å². The number of nitrogens with one attached hydrogen (secondary N) is 1. The van der Waals surface area contributed by atoms with E-state index < -0.39 is 17.7 Å². The number of hydrogen-bond donors (Lipinski definition) is 1. The highest BCUT2D eigenvalue weighted by Gasteiger charge is 2.37. The number of anilines is 2. The predicted molar refractivity (Wildman–Crippen MR) is 86.0 cm³/mol. The number of carbonyl (C=O) groups is 1. The molecule has 1 atom stereocenters. The predicted octanol–water partition coefficient (Wildman–Crippen LogP) is 3.68. The number of amides is 1. The molecule has 3 rings (SSSR count). The topological polar surface area (TPSA) is 69.0 Å². The van der Waals surface area contributed by atoms with E-state index in [1.54, 1.807) is 17.2 Å². The first kappa shape index (κ1) is 16.3. The number of nitrogens with zero attached hydrogens (tertiary/aromatic N) is 3. The minimum atomic E-state index is -0.701. The van der Waals surface area contributed by atoms with Crippen molar-refractivity contribution in [3.05, 3.63) is 40.9 Å². The monoisotopic (exact) mass is 348 g/mol. The molecule has 0 spiro atoms. The van der Waals surface area contributed by atoms with Gasteiger partial charge in [0.1, 0.15) is 23.4 Å². The van der Waals surface area contributed by atoms with Crippen LogP contribution in [-0.2, 0) is 0 Å². The number of hydrogen-bond acceptors (Lipinski definition) is 5. The van der Waals surface area contributed by atoms with Gasteiger partial charge in [0.2, 0.25) is 0 Å². The van der Waals surface area contributed by atoms with Gasteiger partial charge in [-0.3, -0.25) is 4.79 Å². The summed E-state index contributed by atoms with van der Waals surface area (Å²) >= 11 is 1.16. The first-order valence-corrected chi connectivity index (χ1v) is 8.27. The van der Waals surface area contributed by atoms with Crippen LogP contribution in [0.4, 0.5) is 19.6 Å². The number of benzene rings is 1. The molecule has 1 aromatic carbocycles. The standard InChI is InChI=1S/C16H14F2N4OS/c1-9(7-19)22(13-2-3-13)15(23)14-8-24-16(21-14)20-12-5-10(17)4-11(18)6-12/h4-6,8-9,13H,2-3H2,1H3,(H,20,21). The molecule has 1 amide bonds. The molecule has 1 saturated carbocycles. The van der Waals surface area contributed by atoms with E-state index in [1.165, 1.54) is 0 Å². The van der Waals surface area contributed by atoms with Gasteiger partial charge in [-0.15, -0.1) is 11.3 Å². The van der Waals surface area contributed by atoms with Crippen LogP contribution in [0.2, 0.25) is 0 Å². The van der Waals surface area contributed by atoms with Crippen LogP contribution in [0.3, 0.4) is 0 Å². The van der Waals surface area contributed by atoms with Crippen molar-refractivity contribution in [1.29, 1.82) is 5.26 Å². The van der Waals surface area contributed by atoms with Crippen molar-refractivity contribution < 1.29 is 13.6 Å². The Kier molecular flexibility index (Phi) is 4.44. The Balaban J connectivity index is 1.77. The van der Waals surface area contributed by atoms with Gasteiger partial charge < -0.3 is 10.2 Å². The summed E-state index contributed by atoms with van der Waals surface area (Å²) in [5.74, 6) is -1.71. The molecule has 0 bridgehead atoms. The molecule has 0 aliphatic heterocycles. The fourth-order valence-electron chi connectivity index (χ4n) is 2.38. The quantitative estimate of drug-likeness (QED) is 0.895. The van der Waals surface area contributed by atoms with Crippen molar-refractivity contribution in [1.82, 2.24) is 9.88 Å². The zero-order chi connectivity index (χ0) is 17.3. The van der Waals surface area contributed by atoms with Gasteiger partial charge in [-0.25, -0.2) is 13.8 Å². The van der Waals surface area contributed by atoms with E-state index in [-0.39, 0.29) is 23.3 Å². The third kappa shape index (κ3) is 3.51.